The summed E-state index contributed by atoms with van der Waals surface area (Å²) < 4.78 is 0. The number of phenolic OH excluding ortho intramolecular Hbond substituents is 2. The molecule has 0 aromatic heterocycles. The van der Waals surface area contributed by atoms with Gasteiger partial charge in [0.25, 0.3) is 5.91 Å². The van der Waals surface area contributed by atoms with Crippen LogP contribution >= 0.6 is 12.2 Å². The summed E-state index contributed by atoms with van der Waals surface area (Å²) >= 11 is 4.80. The van der Waals surface area contributed by atoms with Crippen LogP contribution in [0.5, 0.6) is 11.5 Å². The number of phenols is 2. The Kier molecular flexibility index (Phi) is 4.28. The van der Waals surface area contributed by atoms with Crippen LogP contribution in [0.1, 0.15) is 23.7 Å². The van der Waals surface area contributed by atoms with Crippen molar-refractivity contribution in [2.75, 3.05) is 0 Å². The number of carbonyl (C=O) groups is 1. The SMILES string of the molecule is CCC(NC(=O)c1cc(O)cc(O)c1)C(N)=S. The van der Waals surface area contributed by atoms with Crippen LogP contribution < -0.4 is 11.1 Å². The van der Waals surface area contributed by atoms with Crippen molar-refractivity contribution in [3.63, 3.8) is 0 Å². The third-order valence-electron chi connectivity index (χ3n) is 2.22. The van der Waals surface area contributed by atoms with Crippen molar-refractivity contribution < 1.29 is 15.0 Å². The highest BCUT2D eigenvalue weighted by Gasteiger charge is 2.15. The van der Waals surface area contributed by atoms with Gasteiger partial charge in [-0.25, -0.2) is 0 Å². The van der Waals surface area contributed by atoms with E-state index < -0.39 is 11.9 Å². The number of thiocarbonyl (C=S) groups is 1. The van der Waals surface area contributed by atoms with Gasteiger partial charge in [0.05, 0.1) is 11.0 Å². The molecule has 1 atom stereocenters. The Morgan fingerprint density at radius 1 is 1.41 bits per heavy atom. The highest BCUT2D eigenvalue weighted by Crippen LogP contribution is 2.20. The summed E-state index contributed by atoms with van der Waals surface area (Å²) in [5.74, 6) is -0.812. The third kappa shape index (κ3) is 3.60. The van der Waals surface area contributed by atoms with Crippen LogP contribution in [0, 0.1) is 0 Å². The molecule has 0 fully saturated rings. The second kappa shape index (κ2) is 5.49. The lowest BCUT2D eigenvalue weighted by Gasteiger charge is -2.15. The van der Waals surface area contributed by atoms with Gasteiger partial charge in [0, 0.05) is 11.6 Å². The maximum atomic E-state index is 11.8. The maximum absolute atomic E-state index is 11.8. The minimum absolute atomic E-state index is 0.150. The van der Waals surface area contributed by atoms with E-state index in [0.717, 1.165) is 6.07 Å². The Morgan fingerprint density at radius 2 is 1.94 bits per heavy atom. The van der Waals surface area contributed by atoms with Crippen LogP contribution in [0.25, 0.3) is 0 Å². The van der Waals surface area contributed by atoms with Gasteiger partial charge in [0.2, 0.25) is 0 Å². The predicted octanol–water partition coefficient (Wildman–Crippen LogP) is 0.892. The van der Waals surface area contributed by atoms with Gasteiger partial charge in [-0.1, -0.05) is 19.1 Å². The van der Waals surface area contributed by atoms with Gasteiger partial charge in [0.15, 0.2) is 0 Å². The fraction of sp³-hybridized carbons (Fsp3) is 0.273. The largest absolute Gasteiger partial charge is 0.508 e. The minimum Gasteiger partial charge on any atom is -0.508 e. The van der Waals surface area contributed by atoms with Crippen molar-refractivity contribution in [1.29, 1.82) is 0 Å². The summed E-state index contributed by atoms with van der Waals surface area (Å²) in [7, 11) is 0. The Balaban J connectivity index is 2.86. The quantitative estimate of drug-likeness (QED) is 0.599. The molecule has 0 radical (unpaired) electrons. The van der Waals surface area contributed by atoms with Gasteiger partial charge in [0.1, 0.15) is 11.5 Å². The minimum atomic E-state index is -0.448. The summed E-state index contributed by atoms with van der Waals surface area (Å²) in [4.78, 5) is 12.0. The molecule has 0 heterocycles. The standard InChI is InChI=1S/C11H14N2O3S/c1-2-9(10(12)17)13-11(16)6-3-7(14)5-8(15)4-6/h3-5,9,14-15H,2H2,1H3,(H2,12,17)(H,13,16). The van der Waals surface area contributed by atoms with Crippen molar-refractivity contribution in [2.45, 2.75) is 19.4 Å². The second-order valence-corrected chi connectivity index (χ2v) is 4.05. The number of aromatic hydroxyl groups is 2. The van der Waals surface area contributed by atoms with Gasteiger partial charge in [-0.3, -0.25) is 4.79 Å². The first kappa shape index (κ1) is 13.2. The molecule has 1 aromatic rings. The van der Waals surface area contributed by atoms with Gasteiger partial charge in [-0.15, -0.1) is 0 Å². The lowest BCUT2D eigenvalue weighted by atomic mass is 10.1. The molecule has 1 rings (SSSR count). The smallest absolute Gasteiger partial charge is 0.252 e. The molecule has 6 heteroatoms. The van der Waals surface area contributed by atoms with E-state index in [0.29, 0.717) is 6.42 Å². The van der Waals surface area contributed by atoms with Crippen molar-refractivity contribution in [2.24, 2.45) is 5.73 Å². The fourth-order valence-corrected chi connectivity index (χ4v) is 1.57. The average molecular weight is 254 g/mol. The first-order valence-electron chi connectivity index (χ1n) is 5.07. The molecule has 0 saturated carbocycles. The normalized spacial score (nSPS) is 11.8. The van der Waals surface area contributed by atoms with E-state index in [9.17, 15) is 15.0 Å². The summed E-state index contributed by atoms with van der Waals surface area (Å²) in [6, 6.07) is 3.24. The maximum Gasteiger partial charge on any atom is 0.252 e. The van der Waals surface area contributed by atoms with E-state index in [1.165, 1.54) is 12.1 Å². The molecule has 0 bridgehead atoms. The molecular weight excluding hydrogens is 240 g/mol. The number of hydrogen-bond acceptors (Lipinski definition) is 4. The van der Waals surface area contributed by atoms with Crippen LogP contribution in [0.3, 0.4) is 0 Å². The van der Waals surface area contributed by atoms with Crippen molar-refractivity contribution in [1.82, 2.24) is 5.32 Å². The van der Waals surface area contributed by atoms with Crippen LogP contribution in [0.2, 0.25) is 0 Å². The Morgan fingerprint density at radius 3 is 2.35 bits per heavy atom. The first-order chi connectivity index (χ1) is 7.93. The molecule has 5 nitrogen and oxygen atoms in total. The van der Waals surface area contributed by atoms with Crippen molar-refractivity contribution >= 4 is 23.1 Å². The van der Waals surface area contributed by atoms with E-state index >= 15 is 0 Å². The third-order valence-corrected chi connectivity index (χ3v) is 2.51. The highest BCUT2D eigenvalue weighted by molar-refractivity contribution is 7.80. The molecular formula is C11H14N2O3S. The van der Waals surface area contributed by atoms with Gasteiger partial charge < -0.3 is 21.3 Å². The highest BCUT2D eigenvalue weighted by atomic mass is 32.1. The van der Waals surface area contributed by atoms with Crippen molar-refractivity contribution in [3.8, 4) is 11.5 Å². The van der Waals surface area contributed by atoms with Gasteiger partial charge in [-0.05, 0) is 18.6 Å². The van der Waals surface area contributed by atoms with Crippen LogP contribution in [-0.2, 0) is 0 Å². The number of nitrogens with one attached hydrogen (secondary N) is 1. The topological polar surface area (TPSA) is 95.6 Å². The zero-order valence-electron chi connectivity index (χ0n) is 9.30. The predicted molar refractivity (Wildman–Crippen MR) is 68.1 cm³/mol. The van der Waals surface area contributed by atoms with E-state index in [1.54, 1.807) is 0 Å². The first-order valence-corrected chi connectivity index (χ1v) is 5.48. The number of carbonyl (C=O) groups excluding carboxylic acids is 1. The van der Waals surface area contributed by atoms with Gasteiger partial charge in [-0.2, -0.15) is 0 Å². The van der Waals surface area contributed by atoms with E-state index in [2.05, 4.69) is 5.32 Å². The van der Waals surface area contributed by atoms with E-state index in [-0.39, 0.29) is 22.1 Å². The monoisotopic (exact) mass is 254 g/mol. The Labute approximate surface area is 104 Å². The summed E-state index contributed by atoms with van der Waals surface area (Å²) in [5.41, 5.74) is 5.60. The molecule has 0 saturated heterocycles. The summed E-state index contributed by atoms with van der Waals surface area (Å²) in [5, 5.41) is 21.1. The number of amides is 1. The summed E-state index contributed by atoms with van der Waals surface area (Å²) in [6.07, 6.45) is 0.575. The van der Waals surface area contributed by atoms with Crippen LogP contribution in [0.15, 0.2) is 18.2 Å². The molecule has 17 heavy (non-hydrogen) atoms. The zero-order valence-corrected chi connectivity index (χ0v) is 10.1. The molecule has 0 aliphatic carbocycles. The zero-order chi connectivity index (χ0) is 13.0. The van der Waals surface area contributed by atoms with Crippen LogP contribution in [0.4, 0.5) is 0 Å². The molecule has 5 N–H and O–H groups in total. The lowest BCUT2D eigenvalue weighted by molar-refractivity contribution is 0.0945. The number of nitrogens with two attached hydrogens (primary N) is 1. The van der Waals surface area contributed by atoms with Crippen molar-refractivity contribution in [3.05, 3.63) is 23.8 Å². The number of benzene rings is 1. The molecule has 1 amide bonds. The molecule has 0 spiro atoms. The van der Waals surface area contributed by atoms with E-state index in [4.69, 9.17) is 18.0 Å². The van der Waals surface area contributed by atoms with Gasteiger partial charge >= 0.3 is 0 Å². The molecule has 1 unspecified atom stereocenters. The lowest BCUT2D eigenvalue weighted by Crippen LogP contribution is -2.42. The number of rotatable bonds is 4. The Bertz CT molecular complexity index is 428. The number of hydrogen-bond donors (Lipinski definition) is 4. The van der Waals surface area contributed by atoms with E-state index in [1.807, 2.05) is 6.92 Å². The molecule has 1 aromatic carbocycles. The van der Waals surface area contributed by atoms with Crippen LogP contribution in [-0.4, -0.2) is 27.2 Å². The fourth-order valence-electron chi connectivity index (χ4n) is 1.34. The molecule has 92 valence electrons. The second-order valence-electron chi connectivity index (χ2n) is 3.57. The average Bonchev–Trinajstić information content (AvgIpc) is 2.23. The molecule has 0 aliphatic heterocycles. The molecule has 0 aliphatic rings. The Hall–Kier alpha value is -1.82. The summed E-state index contributed by atoms with van der Waals surface area (Å²) in [6.45, 7) is 1.84.